The van der Waals surface area contributed by atoms with E-state index in [1.165, 1.54) is 6.26 Å². The second-order valence-corrected chi connectivity index (χ2v) is 31.4. The lowest BCUT2D eigenvalue weighted by Gasteiger charge is -2.13. The van der Waals surface area contributed by atoms with Gasteiger partial charge in [0.25, 0.3) is 0 Å². The van der Waals surface area contributed by atoms with E-state index in [2.05, 4.69) is 37.1 Å². The lowest BCUT2D eigenvalue weighted by Crippen LogP contribution is -2.36. The molecule has 17 nitrogen and oxygen atoms in total. The van der Waals surface area contributed by atoms with E-state index in [1.54, 1.807) is 0 Å². The van der Waals surface area contributed by atoms with Crippen LogP contribution in [0.2, 0.25) is 15.1 Å². The third-order valence-electron chi connectivity index (χ3n) is 17.4. The van der Waals surface area contributed by atoms with Gasteiger partial charge in [-0.3, -0.25) is 38.2 Å². The normalized spacial score (nSPS) is 14.5. The van der Waals surface area contributed by atoms with Crippen LogP contribution in [0.25, 0.3) is 16.7 Å². The standard InChI is InChI=1S/C28H33ClN2O4S.C26H31ClN2O4S.C24H26ClNO4/c1-18-15-21(16-19(2)27(18)29)35-14-6-9-24-23-8-5-4-7-20(23)17-25(24)28(33)30-13-12-26(32)31-36(3,34)22-10-11-22;1-17-14-20(15-18(2)25(17)27)33-13-7-10-22-21-9-6-5-8-19(21)16-23(22)26(31)28-12-11-24(30)29-34(3,4)32;1-15-12-18(13-16(2)23(15)25)30-11-5-8-20-19-7-4-3-6-17(19)14-21(20)24(29)26-10-9-22(27)28/h4-5,7-8,15-16,22H,3,6,9-14,17H2,1-2H3,(H,30,33)(H,31,32,34);5-6,8-9,14-15H,3,7,10-13,16H2,1-2,4H3,(H,28,31)(H,29,30,32);3-4,6-7,12-13H,5,8-11,14H2,1-2H3,(H,26,29)(H,27,28). The third kappa shape index (κ3) is 22.1. The number of ether oxygens (including phenoxy) is 3. The molecule has 6 aromatic rings. The summed E-state index contributed by atoms with van der Waals surface area (Å²) >= 11 is 18.7. The molecule has 0 saturated heterocycles. The van der Waals surface area contributed by atoms with Crippen molar-refractivity contribution in [3.05, 3.63) is 208 Å². The highest BCUT2D eigenvalue weighted by molar-refractivity contribution is 7.99. The average Bonchev–Trinajstić information content (AvgIpc) is 1.66. The molecule has 6 N–H and O–H groups in total. The highest BCUT2D eigenvalue weighted by atomic mass is 35.5. The topological polar surface area (TPSA) is 245 Å². The van der Waals surface area contributed by atoms with Crippen LogP contribution in [0.3, 0.4) is 0 Å². The molecule has 0 spiro atoms. The van der Waals surface area contributed by atoms with Gasteiger partial charge in [-0.1, -0.05) is 108 Å². The van der Waals surface area contributed by atoms with Crippen molar-refractivity contribution in [2.24, 2.45) is 0 Å². The molecule has 4 aliphatic carbocycles. The first-order valence-electron chi connectivity index (χ1n) is 33.5. The van der Waals surface area contributed by atoms with E-state index < -0.39 is 31.3 Å². The minimum atomic E-state index is -2.61. The molecule has 0 aliphatic heterocycles. The summed E-state index contributed by atoms with van der Waals surface area (Å²) in [6.07, 6.45) is 9.11. The number of fused-ring (bicyclic) bond motifs is 3. The van der Waals surface area contributed by atoms with E-state index in [9.17, 15) is 37.2 Å². The SMILES string of the molecule is C=S(=O)(NC(=O)CCNC(=O)C1=C(CCCOc2cc(C)c(Cl)c(C)c2)c2ccccc2C1)C1CC1.C=S(C)(=O)NC(=O)CCNC(=O)C1=C(CCCOc2cc(C)c(Cl)c(C)c2)c2ccccc2C1.Cc1cc(OCCCC2=C(C(=O)NCCC(=O)O)Cc3ccccc32)cc(C)c1Cl. The van der Waals surface area contributed by atoms with E-state index in [-0.39, 0.29) is 67.8 Å². The van der Waals surface area contributed by atoms with Gasteiger partial charge >= 0.3 is 5.97 Å². The van der Waals surface area contributed by atoms with Crippen LogP contribution in [0.15, 0.2) is 126 Å². The second-order valence-electron chi connectivity index (χ2n) is 25.7. The van der Waals surface area contributed by atoms with Crippen molar-refractivity contribution in [3.63, 3.8) is 0 Å². The lowest BCUT2D eigenvalue weighted by atomic mass is 10.0. The molecule has 2 atom stereocenters. The van der Waals surface area contributed by atoms with Gasteiger partial charge in [-0.15, -0.1) is 0 Å². The number of hydrogen-bond acceptors (Lipinski definition) is 11. The number of allylic oxidation sites excluding steroid dienone is 3. The molecule has 4 aliphatic rings. The van der Waals surface area contributed by atoms with Gasteiger partial charge in [0.1, 0.15) is 17.2 Å². The third-order valence-corrected chi connectivity index (χ3v) is 21.9. The zero-order valence-electron chi connectivity index (χ0n) is 57.9. The van der Waals surface area contributed by atoms with Crippen molar-refractivity contribution in [1.29, 1.82) is 0 Å². The smallest absolute Gasteiger partial charge is 0.305 e. The van der Waals surface area contributed by atoms with Crippen LogP contribution in [0, 0.1) is 41.5 Å². The zero-order valence-corrected chi connectivity index (χ0v) is 61.8. The summed E-state index contributed by atoms with van der Waals surface area (Å²) in [4.78, 5) is 73.4. The minimum absolute atomic E-state index is 0.0162. The van der Waals surface area contributed by atoms with Gasteiger partial charge in [0.2, 0.25) is 29.5 Å². The predicted molar refractivity (Wildman–Crippen MR) is 404 cm³/mol. The Hall–Kier alpha value is -8.33. The highest BCUT2D eigenvalue weighted by Gasteiger charge is 2.33. The van der Waals surface area contributed by atoms with Gasteiger partial charge in [0.15, 0.2) is 0 Å². The number of carboxylic acids is 1. The second kappa shape index (κ2) is 35.8. The van der Waals surface area contributed by atoms with Gasteiger partial charge in [-0.05, 0) is 225 Å². The van der Waals surface area contributed by atoms with E-state index in [0.29, 0.717) is 58.3 Å². The predicted octanol–water partition coefficient (Wildman–Crippen LogP) is 13.3. The Bertz CT molecular complexity index is 4360. The Morgan fingerprint density at radius 1 is 0.470 bits per heavy atom. The molecule has 0 aromatic heterocycles. The van der Waals surface area contributed by atoms with Crippen LogP contribution in [-0.2, 0) is 67.4 Å². The van der Waals surface area contributed by atoms with Crippen LogP contribution in [0.1, 0.15) is 137 Å². The largest absolute Gasteiger partial charge is 0.494 e. The molecule has 2 unspecified atom stereocenters. The number of benzene rings is 6. The van der Waals surface area contributed by atoms with Crippen molar-refractivity contribution >= 4 is 118 Å². The number of aliphatic carboxylic acids is 1. The molecule has 0 heterocycles. The Morgan fingerprint density at radius 2 is 0.760 bits per heavy atom. The molecule has 1 saturated carbocycles. The van der Waals surface area contributed by atoms with Crippen molar-refractivity contribution in [1.82, 2.24) is 25.4 Å². The average molecular weight is 1460 g/mol. The number of nitrogens with one attached hydrogen (secondary N) is 5. The summed E-state index contributed by atoms with van der Waals surface area (Å²) < 4.78 is 46.6. The number of aryl methyl sites for hydroxylation is 6. The molecular weight excluding hydrogens is 1370 g/mol. The van der Waals surface area contributed by atoms with Crippen LogP contribution >= 0.6 is 34.8 Å². The molecular formula is C78H90Cl3N5O12S2. The van der Waals surface area contributed by atoms with Gasteiger partial charge in [0.05, 0.1) is 35.9 Å². The maximum absolute atomic E-state index is 13.1. The number of carbonyl (C=O) groups is 6. The first-order valence-corrected chi connectivity index (χ1v) is 38.6. The number of carbonyl (C=O) groups excluding carboxylic acids is 5. The Morgan fingerprint density at radius 3 is 1.05 bits per heavy atom. The Kier molecular flexibility index (Phi) is 27.7. The number of carboxylic acid groups (broad SMARTS) is 1. The zero-order chi connectivity index (χ0) is 72.4. The minimum Gasteiger partial charge on any atom is -0.494 e. The Balaban J connectivity index is 0.000000192. The number of rotatable bonds is 30. The fourth-order valence-corrected chi connectivity index (χ4v) is 14.8. The van der Waals surface area contributed by atoms with Crippen LogP contribution in [0.5, 0.6) is 17.2 Å². The molecule has 22 heteroatoms. The first kappa shape index (κ1) is 77.4. The maximum Gasteiger partial charge on any atom is 0.305 e. The molecule has 100 heavy (non-hydrogen) atoms. The van der Waals surface area contributed by atoms with Crippen molar-refractivity contribution in [2.75, 3.05) is 45.7 Å². The highest BCUT2D eigenvalue weighted by Crippen LogP contribution is 2.40. The van der Waals surface area contributed by atoms with Gasteiger partial charge < -0.3 is 35.3 Å². The lowest BCUT2D eigenvalue weighted by molar-refractivity contribution is -0.137. The van der Waals surface area contributed by atoms with Crippen molar-refractivity contribution in [2.45, 2.75) is 137 Å². The van der Waals surface area contributed by atoms with E-state index in [1.807, 2.05) is 151 Å². The summed E-state index contributed by atoms with van der Waals surface area (Å²) in [5.41, 5.74) is 17.8. The first-order chi connectivity index (χ1) is 47.6. The van der Waals surface area contributed by atoms with Gasteiger partial charge in [-0.25, -0.2) is 8.42 Å². The summed E-state index contributed by atoms with van der Waals surface area (Å²) in [5.74, 6) is 7.21. The monoisotopic (exact) mass is 1460 g/mol. The fourth-order valence-electron chi connectivity index (χ4n) is 12.3. The van der Waals surface area contributed by atoms with Crippen molar-refractivity contribution < 1.29 is 56.5 Å². The summed E-state index contributed by atoms with van der Waals surface area (Å²) in [7, 11) is -5.19. The summed E-state index contributed by atoms with van der Waals surface area (Å²) in [6, 6.07) is 35.7. The number of halogens is 3. The quantitative estimate of drug-likeness (QED) is 0.0182. The molecule has 6 aromatic carbocycles. The fraction of sp³-hybridized carbons (Fsp3) is 0.359. The maximum atomic E-state index is 13.1. The van der Waals surface area contributed by atoms with Crippen LogP contribution in [0.4, 0.5) is 0 Å². The van der Waals surface area contributed by atoms with E-state index >= 15 is 0 Å². The summed E-state index contributed by atoms with van der Waals surface area (Å²) in [6.45, 7) is 13.8. The summed E-state index contributed by atoms with van der Waals surface area (Å²) in [5, 5.41) is 19.5. The molecule has 0 bridgehead atoms. The van der Waals surface area contributed by atoms with Gasteiger partial charge in [0, 0.05) is 105 Å². The van der Waals surface area contributed by atoms with Gasteiger partial charge in [-0.2, -0.15) is 0 Å². The molecule has 5 amide bonds. The van der Waals surface area contributed by atoms with E-state index in [0.717, 1.165) is 165 Å². The molecule has 532 valence electrons. The Labute approximate surface area is 603 Å². The molecule has 1 fully saturated rings. The number of amides is 5. The van der Waals surface area contributed by atoms with Crippen LogP contribution < -0.4 is 39.6 Å². The molecule has 10 rings (SSSR count). The van der Waals surface area contributed by atoms with Crippen LogP contribution in [-0.4, -0.2) is 112 Å². The van der Waals surface area contributed by atoms with Crippen molar-refractivity contribution in [3.8, 4) is 17.2 Å². The number of hydrogen-bond donors (Lipinski definition) is 6. The molecule has 0 radical (unpaired) electrons. The van der Waals surface area contributed by atoms with E-state index in [4.69, 9.17) is 54.1 Å².